The van der Waals surface area contributed by atoms with Crippen LogP contribution in [-0.4, -0.2) is 0 Å². The Hall–Kier alpha value is -0.0500. The van der Waals surface area contributed by atoms with Gasteiger partial charge in [-0.05, 0) is 53.1 Å². The van der Waals surface area contributed by atoms with Crippen LogP contribution in [0.3, 0.4) is 0 Å². The van der Waals surface area contributed by atoms with Gasteiger partial charge in [0.15, 0.2) is 0 Å². The van der Waals surface area contributed by atoms with E-state index in [1.54, 1.807) is 0 Å². The van der Waals surface area contributed by atoms with Gasteiger partial charge in [-0.2, -0.15) is 0 Å². The van der Waals surface area contributed by atoms with E-state index in [4.69, 9.17) is 0 Å². The summed E-state index contributed by atoms with van der Waals surface area (Å²) in [5.41, 5.74) is 1.47. The smallest absolute Gasteiger partial charge is 0.0130 e. The van der Waals surface area contributed by atoms with Crippen LogP contribution in [0.15, 0.2) is 24.3 Å². The summed E-state index contributed by atoms with van der Waals surface area (Å²) in [5.74, 6) is 0. The molecular formula is C13H18I. The Balaban J connectivity index is 2.15. The molecule has 0 amide bonds. The van der Waals surface area contributed by atoms with Crippen LogP contribution in [-0.2, 0) is 6.42 Å². The lowest BCUT2D eigenvalue weighted by Gasteiger charge is -2.01. The molecule has 77 valence electrons. The molecule has 0 N–H and O–H groups in total. The third-order valence-electron chi connectivity index (χ3n) is 2.38. The SMILES string of the molecule is [CH2]CCCCCCc1ccc(I)cc1. The van der Waals surface area contributed by atoms with E-state index in [0.717, 1.165) is 6.42 Å². The molecule has 1 aromatic rings. The zero-order valence-corrected chi connectivity index (χ0v) is 10.8. The highest BCUT2D eigenvalue weighted by Crippen LogP contribution is 2.11. The van der Waals surface area contributed by atoms with Crippen molar-refractivity contribution in [2.24, 2.45) is 0 Å². The second kappa shape index (κ2) is 7.27. The Morgan fingerprint density at radius 1 is 0.929 bits per heavy atom. The van der Waals surface area contributed by atoms with Crippen molar-refractivity contribution in [1.29, 1.82) is 0 Å². The topological polar surface area (TPSA) is 0 Å². The molecule has 14 heavy (non-hydrogen) atoms. The average Bonchev–Trinajstić information content (AvgIpc) is 2.21. The predicted octanol–water partition coefficient (Wildman–Crippen LogP) is 4.62. The fraction of sp³-hybridized carbons (Fsp3) is 0.462. The van der Waals surface area contributed by atoms with E-state index in [2.05, 4.69) is 53.8 Å². The number of aryl methyl sites for hydroxylation is 1. The minimum absolute atomic E-state index is 1.09. The molecule has 1 heteroatoms. The lowest BCUT2D eigenvalue weighted by Crippen LogP contribution is -1.86. The number of benzene rings is 1. The van der Waals surface area contributed by atoms with Crippen LogP contribution < -0.4 is 0 Å². The summed E-state index contributed by atoms with van der Waals surface area (Å²) in [6.45, 7) is 3.85. The summed E-state index contributed by atoms with van der Waals surface area (Å²) in [4.78, 5) is 0. The molecule has 0 saturated heterocycles. The molecule has 0 aliphatic rings. The first-order valence-corrected chi connectivity index (χ1v) is 6.44. The monoisotopic (exact) mass is 301 g/mol. The summed E-state index contributed by atoms with van der Waals surface area (Å²) < 4.78 is 1.32. The number of hydrogen-bond acceptors (Lipinski definition) is 0. The van der Waals surface area contributed by atoms with Crippen LogP contribution >= 0.6 is 22.6 Å². The summed E-state index contributed by atoms with van der Waals surface area (Å²) in [7, 11) is 0. The largest absolute Gasteiger partial charge is 0.0580 e. The number of rotatable bonds is 6. The van der Waals surface area contributed by atoms with Crippen molar-refractivity contribution < 1.29 is 0 Å². The molecule has 1 radical (unpaired) electrons. The van der Waals surface area contributed by atoms with Gasteiger partial charge in [0.2, 0.25) is 0 Å². The van der Waals surface area contributed by atoms with Gasteiger partial charge in [-0.15, -0.1) is 0 Å². The Labute approximate surface area is 101 Å². The van der Waals surface area contributed by atoms with Crippen molar-refractivity contribution >= 4 is 22.6 Å². The first-order chi connectivity index (χ1) is 6.83. The minimum Gasteiger partial charge on any atom is -0.0580 e. The van der Waals surface area contributed by atoms with Gasteiger partial charge in [-0.25, -0.2) is 0 Å². The van der Waals surface area contributed by atoms with Crippen molar-refractivity contribution in [2.45, 2.75) is 38.5 Å². The molecule has 0 unspecified atom stereocenters. The highest BCUT2D eigenvalue weighted by atomic mass is 127. The maximum absolute atomic E-state index is 3.85. The van der Waals surface area contributed by atoms with Crippen LogP contribution in [0.1, 0.15) is 37.7 Å². The quantitative estimate of drug-likeness (QED) is 0.531. The molecule has 0 spiro atoms. The molecule has 0 atom stereocenters. The molecule has 1 rings (SSSR count). The van der Waals surface area contributed by atoms with E-state index in [1.165, 1.54) is 41.2 Å². The first-order valence-electron chi connectivity index (χ1n) is 5.36. The number of halogens is 1. The van der Waals surface area contributed by atoms with E-state index < -0.39 is 0 Å². The standard InChI is InChI=1S/C13H18I/c1-2-3-4-5-6-7-12-8-10-13(14)11-9-12/h8-11H,1-7H2. The minimum atomic E-state index is 1.09. The van der Waals surface area contributed by atoms with Crippen LogP contribution in [0.5, 0.6) is 0 Å². The van der Waals surface area contributed by atoms with Gasteiger partial charge in [-0.3, -0.25) is 0 Å². The third-order valence-corrected chi connectivity index (χ3v) is 3.10. The highest BCUT2D eigenvalue weighted by Gasteiger charge is 1.93. The van der Waals surface area contributed by atoms with Crippen molar-refractivity contribution in [3.8, 4) is 0 Å². The van der Waals surface area contributed by atoms with Crippen LogP contribution in [0.4, 0.5) is 0 Å². The highest BCUT2D eigenvalue weighted by molar-refractivity contribution is 14.1. The summed E-state index contributed by atoms with van der Waals surface area (Å²) >= 11 is 2.35. The Bertz CT molecular complexity index is 238. The summed E-state index contributed by atoms with van der Waals surface area (Å²) in [6, 6.07) is 8.85. The van der Waals surface area contributed by atoms with Gasteiger partial charge in [-0.1, -0.05) is 44.7 Å². The van der Waals surface area contributed by atoms with E-state index >= 15 is 0 Å². The maximum atomic E-state index is 3.85. The summed E-state index contributed by atoms with van der Waals surface area (Å²) in [6.07, 6.45) is 7.61. The Morgan fingerprint density at radius 2 is 1.57 bits per heavy atom. The molecule has 0 saturated carbocycles. The number of unbranched alkanes of at least 4 members (excludes halogenated alkanes) is 4. The van der Waals surface area contributed by atoms with Gasteiger partial charge in [0.05, 0.1) is 0 Å². The molecule has 0 aliphatic heterocycles. The number of hydrogen-bond donors (Lipinski definition) is 0. The molecule has 0 heterocycles. The Kier molecular flexibility index (Phi) is 6.24. The van der Waals surface area contributed by atoms with Crippen LogP contribution in [0.25, 0.3) is 0 Å². The molecule has 0 aromatic heterocycles. The molecule has 0 bridgehead atoms. The second-order valence-electron chi connectivity index (χ2n) is 3.64. The Morgan fingerprint density at radius 3 is 2.21 bits per heavy atom. The van der Waals surface area contributed by atoms with E-state index in [1.807, 2.05) is 0 Å². The van der Waals surface area contributed by atoms with Crippen LogP contribution in [0.2, 0.25) is 0 Å². The second-order valence-corrected chi connectivity index (χ2v) is 4.89. The van der Waals surface area contributed by atoms with Crippen molar-refractivity contribution in [3.63, 3.8) is 0 Å². The van der Waals surface area contributed by atoms with Crippen molar-refractivity contribution in [3.05, 3.63) is 40.3 Å². The van der Waals surface area contributed by atoms with Gasteiger partial charge < -0.3 is 0 Å². The lowest BCUT2D eigenvalue weighted by atomic mass is 10.1. The molecule has 1 aromatic carbocycles. The van der Waals surface area contributed by atoms with E-state index in [0.29, 0.717) is 0 Å². The third kappa shape index (κ3) is 4.99. The zero-order chi connectivity index (χ0) is 10.2. The maximum Gasteiger partial charge on any atom is 0.0130 e. The average molecular weight is 301 g/mol. The van der Waals surface area contributed by atoms with E-state index in [9.17, 15) is 0 Å². The van der Waals surface area contributed by atoms with Gasteiger partial charge in [0.25, 0.3) is 0 Å². The van der Waals surface area contributed by atoms with Gasteiger partial charge in [0.1, 0.15) is 0 Å². The van der Waals surface area contributed by atoms with Crippen molar-refractivity contribution in [1.82, 2.24) is 0 Å². The predicted molar refractivity (Wildman–Crippen MR) is 71.3 cm³/mol. The summed E-state index contributed by atoms with van der Waals surface area (Å²) in [5, 5.41) is 0. The van der Waals surface area contributed by atoms with Crippen molar-refractivity contribution in [2.75, 3.05) is 0 Å². The molecular weight excluding hydrogens is 283 g/mol. The fourth-order valence-corrected chi connectivity index (χ4v) is 1.87. The molecule has 0 aliphatic carbocycles. The lowest BCUT2D eigenvalue weighted by molar-refractivity contribution is 0.645. The van der Waals surface area contributed by atoms with E-state index in [-0.39, 0.29) is 0 Å². The van der Waals surface area contributed by atoms with Crippen LogP contribution in [0, 0.1) is 10.5 Å². The molecule has 0 nitrogen and oxygen atoms in total. The normalized spacial score (nSPS) is 10.4. The molecule has 0 fully saturated rings. The fourth-order valence-electron chi connectivity index (χ4n) is 1.51. The zero-order valence-electron chi connectivity index (χ0n) is 8.64. The first kappa shape index (κ1) is 12.0. The van der Waals surface area contributed by atoms with Gasteiger partial charge in [0, 0.05) is 3.57 Å². The van der Waals surface area contributed by atoms with Gasteiger partial charge >= 0.3 is 0 Å².